The third-order valence-electron chi connectivity index (χ3n) is 4.21. The summed E-state index contributed by atoms with van der Waals surface area (Å²) in [4.78, 5) is 23.2. The summed E-state index contributed by atoms with van der Waals surface area (Å²) in [7, 11) is 1.54. The van der Waals surface area contributed by atoms with Gasteiger partial charge in [0.25, 0.3) is 5.69 Å². The number of fused-ring (bicyclic) bond motifs is 1. The van der Waals surface area contributed by atoms with Gasteiger partial charge in [-0.1, -0.05) is 19.1 Å². The Labute approximate surface area is 143 Å². The van der Waals surface area contributed by atoms with Gasteiger partial charge in [0.2, 0.25) is 5.90 Å². The highest BCUT2D eigenvalue weighted by Crippen LogP contribution is 2.38. The average molecular weight is 340 g/mol. The van der Waals surface area contributed by atoms with Gasteiger partial charge in [0.05, 0.1) is 17.6 Å². The summed E-state index contributed by atoms with van der Waals surface area (Å²) >= 11 is 0. The maximum atomic E-state index is 12.9. The monoisotopic (exact) mass is 340 g/mol. The van der Waals surface area contributed by atoms with Gasteiger partial charge >= 0.3 is 0 Å². The predicted octanol–water partition coefficient (Wildman–Crippen LogP) is 3.50. The van der Waals surface area contributed by atoms with E-state index in [0.29, 0.717) is 29.0 Å². The summed E-state index contributed by atoms with van der Waals surface area (Å²) in [5.74, 6) is -0.487. The molecule has 128 valence electrons. The van der Waals surface area contributed by atoms with Crippen molar-refractivity contribution in [3.8, 4) is 11.5 Å². The van der Waals surface area contributed by atoms with Crippen molar-refractivity contribution in [3.63, 3.8) is 0 Å². The highest BCUT2D eigenvalue weighted by atomic mass is 16.6. The molecule has 1 atom stereocenters. The molecule has 1 aliphatic heterocycles. The molecule has 0 fully saturated rings. The van der Waals surface area contributed by atoms with Gasteiger partial charge in [-0.2, -0.15) is 0 Å². The van der Waals surface area contributed by atoms with Gasteiger partial charge in [0, 0.05) is 18.2 Å². The number of aryl methyl sites for hydroxylation is 1. The number of ether oxygens (including phenoxy) is 2. The molecule has 3 rings (SSSR count). The van der Waals surface area contributed by atoms with Crippen LogP contribution in [-0.2, 0) is 6.42 Å². The van der Waals surface area contributed by atoms with Crippen LogP contribution in [0.15, 0.2) is 36.4 Å². The van der Waals surface area contributed by atoms with Crippen molar-refractivity contribution in [2.24, 2.45) is 0 Å². The van der Waals surface area contributed by atoms with Gasteiger partial charge in [0.1, 0.15) is 17.4 Å². The van der Waals surface area contributed by atoms with Gasteiger partial charge < -0.3 is 9.47 Å². The van der Waals surface area contributed by atoms with Crippen molar-refractivity contribution in [1.29, 1.82) is 5.41 Å². The first-order valence-corrected chi connectivity index (χ1v) is 7.72. The number of nitro groups is 1. The number of carbonyl (C=O) groups is 1. The van der Waals surface area contributed by atoms with Crippen LogP contribution in [0.1, 0.15) is 34.3 Å². The normalized spacial score (nSPS) is 16.2. The number of nitro benzene ring substituents is 1. The van der Waals surface area contributed by atoms with Crippen molar-refractivity contribution in [2.75, 3.05) is 7.11 Å². The summed E-state index contributed by atoms with van der Waals surface area (Å²) in [5, 5.41) is 18.9. The maximum absolute atomic E-state index is 12.9. The van der Waals surface area contributed by atoms with Crippen molar-refractivity contribution in [2.45, 2.75) is 19.3 Å². The van der Waals surface area contributed by atoms with Gasteiger partial charge in [-0.15, -0.1) is 0 Å². The van der Waals surface area contributed by atoms with E-state index in [9.17, 15) is 14.9 Å². The molecule has 1 N–H and O–H groups in total. The van der Waals surface area contributed by atoms with Crippen molar-refractivity contribution in [3.05, 3.63) is 63.2 Å². The van der Waals surface area contributed by atoms with Crippen molar-refractivity contribution < 1.29 is 19.2 Å². The Morgan fingerprint density at radius 2 is 1.96 bits per heavy atom. The molecule has 25 heavy (non-hydrogen) atoms. The zero-order valence-electron chi connectivity index (χ0n) is 13.7. The Balaban J connectivity index is 2.03. The Morgan fingerprint density at radius 1 is 1.28 bits per heavy atom. The first-order chi connectivity index (χ1) is 12.0. The fraction of sp³-hybridized carbons (Fsp3) is 0.222. The predicted molar refractivity (Wildman–Crippen MR) is 90.9 cm³/mol. The molecule has 0 aromatic heterocycles. The SMILES string of the molecule is CCc1cc2c(cc1OC)OC(=N)C(c1ccc([N+](=O)[O-])cc1)C2=O. The number of hydrogen-bond acceptors (Lipinski definition) is 6. The third kappa shape index (κ3) is 2.84. The molecule has 2 aromatic carbocycles. The lowest BCUT2D eigenvalue weighted by atomic mass is 9.87. The largest absolute Gasteiger partial charge is 0.496 e. The number of ketones is 1. The number of methoxy groups -OCH3 is 1. The van der Waals surface area contributed by atoms with E-state index in [1.807, 2.05) is 6.92 Å². The van der Waals surface area contributed by atoms with Crippen LogP contribution in [0.2, 0.25) is 0 Å². The molecular formula is C18H16N2O5. The fourth-order valence-corrected chi connectivity index (χ4v) is 2.89. The van der Waals surface area contributed by atoms with Crippen molar-refractivity contribution in [1.82, 2.24) is 0 Å². The second-order valence-electron chi connectivity index (χ2n) is 5.63. The van der Waals surface area contributed by atoms with Crippen LogP contribution in [0, 0.1) is 15.5 Å². The number of Topliss-reactive ketones (excluding diaryl/α,β-unsaturated/α-hetero) is 1. The summed E-state index contributed by atoms with van der Waals surface area (Å²) in [6.07, 6.45) is 0.684. The number of hydrogen-bond donors (Lipinski definition) is 1. The van der Waals surface area contributed by atoms with Crippen molar-refractivity contribution >= 4 is 17.4 Å². The number of nitrogens with zero attached hydrogens (tertiary/aromatic N) is 1. The molecule has 7 nitrogen and oxygen atoms in total. The number of benzene rings is 2. The van der Waals surface area contributed by atoms with E-state index < -0.39 is 10.8 Å². The van der Waals surface area contributed by atoms with Crippen LogP contribution in [0.4, 0.5) is 5.69 Å². The van der Waals surface area contributed by atoms with Gasteiger partial charge in [-0.05, 0) is 23.6 Å². The second kappa shape index (κ2) is 6.35. The summed E-state index contributed by atoms with van der Waals surface area (Å²) in [6.45, 7) is 1.95. The molecule has 0 amide bonds. The molecule has 0 saturated carbocycles. The van der Waals surface area contributed by atoms with E-state index in [-0.39, 0.29) is 17.4 Å². The lowest BCUT2D eigenvalue weighted by molar-refractivity contribution is -0.384. The molecule has 0 aliphatic carbocycles. The zero-order valence-corrected chi connectivity index (χ0v) is 13.7. The quantitative estimate of drug-likeness (QED) is 0.678. The summed E-state index contributed by atoms with van der Waals surface area (Å²) in [6, 6.07) is 8.93. The van der Waals surface area contributed by atoms with Crippen LogP contribution in [0.3, 0.4) is 0 Å². The smallest absolute Gasteiger partial charge is 0.269 e. The lowest BCUT2D eigenvalue weighted by Gasteiger charge is -2.25. The van der Waals surface area contributed by atoms with Crippen LogP contribution >= 0.6 is 0 Å². The number of nitrogens with one attached hydrogen (secondary N) is 1. The highest BCUT2D eigenvalue weighted by Gasteiger charge is 2.36. The van der Waals surface area contributed by atoms with Gasteiger partial charge in [0.15, 0.2) is 5.78 Å². The zero-order chi connectivity index (χ0) is 18.1. The minimum Gasteiger partial charge on any atom is -0.496 e. The molecule has 1 unspecified atom stereocenters. The molecule has 0 spiro atoms. The van der Waals surface area contributed by atoms with Crippen LogP contribution in [-0.4, -0.2) is 23.7 Å². The molecule has 0 saturated heterocycles. The Bertz CT molecular complexity index is 874. The van der Waals surface area contributed by atoms with E-state index in [0.717, 1.165) is 5.56 Å². The highest BCUT2D eigenvalue weighted by molar-refractivity contribution is 6.18. The minimum atomic E-state index is -0.911. The number of carbonyl (C=O) groups excluding carboxylic acids is 1. The maximum Gasteiger partial charge on any atom is 0.269 e. The van der Waals surface area contributed by atoms with Gasteiger partial charge in [-0.3, -0.25) is 20.3 Å². The standard InChI is InChI=1S/C18H16N2O5/c1-3-10-8-13-15(9-14(10)24-2)25-18(19)16(17(13)21)11-4-6-12(7-5-11)20(22)23/h4-9,16,19H,3H2,1-2H3. The molecule has 1 heterocycles. The molecule has 0 radical (unpaired) electrons. The fourth-order valence-electron chi connectivity index (χ4n) is 2.89. The Kier molecular flexibility index (Phi) is 4.22. The van der Waals surface area contributed by atoms with Gasteiger partial charge in [-0.25, -0.2) is 0 Å². The second-order valence-corrected chi connectivity index (χ2v) is 5.63. The van der Waals surface area contributed by atoms with E-state index in [4.69, 9.17) is 14.9 Å². The Morgan fingerprint density at radius 3 is 2.52 bits per heavy atom. The minimum absolute atomic E-state index is 0.0714. The average Bonchev–Trinajstić information content (AvgIpc) is 2.61. The van der Waals surface area contributed by atoms with Crippen LogP contribution in [0.5, 0.6) is 11.5 Å². The third-order valence-corrected chi connectivity index (χ3v) is 4.21. The number of rotatable bonds is 4. The summed E-state index contributed by atoms with van der Waals surface area (Å²) in [5.41, 5.74) is 1.67. The first kappa shape index (κ1) is 16.6. The lowest BCUT2D eigenvalue weighted by Crippen LogP contribution is -2.31. The molecule has 0 bridgehead atoms. The number of non-ortho nitro benzene ring substituents is 1. The Hall–Kier alpha value is -3.22. The topological polar surface area (TPSA) is 103 Å². The van der Waals surface area contributed by atoms with Crippen LogP contribution in [0.25, 0.3) is 0 Å². The van der Waals surface area contributed by atoms with E-state index in [1.54, 1.807) is 12.1 Å². The van der Waals surface area contributed by atoms with E-state index in [1.165, 1.54) is 31.4 Å². The molecule has 2 aromatic rings. The van der Waals surface area contributed by atoms with E-state index >= 15 is 0 Å². The van der Waals surface area contributed by atoms with Crippen LogP contribution < -0.4 is 9.47 Å². The molecule has 1 aliphatic rings. The first-order valence-electron chi connectivity index (χ1n) is 7.72. The molecule has 7 heteroatoms. The summed E-state index contributed by atoms with van der Waals surface area (Å²) < 4.78 is 10.8. The van der Waals surface area contributed by atoms with E-state index in [2.05, 4.69) is 0 Å². The molecular weight excluding hydrogens is 324 g/mol.